The Hall–Kier alpha value is -2.02. The molecule has 7 nitrogen and oxygen atoms in total. The van der Waals surface area contributed by atoms with Gasteiger partial charge in [0.2, 0.25) is 5.91 Å². The molecule has 1 atom stereocenters. The Morgan fingerprint density at radius 3 is 2.68 bits per heavy atom. The van der Waals surface area contributed by atoms with E-state index in [1.165, 1.54) is 0 Å². The van der Waals surface area contributed by atoms with Gasteiger partial charge in [-0.25, -0.2) is 4.79 Å². The maximum absolute atomic E-state index is 13.1. The number of hydrogen-bond donors (Lipinski definition) is 1. The van der Waals surface area contributed by atoms with Crippen LogP contribution in [-0.2, 0) is 16.1 Å². The molecule has 158 valence electrons. The third-order valence-corrected chi connectivity index (χ3v) is 4.93. The molecule has 1 aromatic heterocycles. The Morgan fingerprint density at radius 1 is 1.21 bits per heavy atom. The van der Waals surface area contributed by atoms with Crippen LogP contribution in [0.3, 0.4) is 0 Å². The van der Waals surface area contributed by atoms with E-state index in [2.05, 4.69) is 19.2 Å². The lowest BCUT2D eigenvalue weighted by atomic mass is 10.2. The number of amides is 3. The van der Waals surface area contributed by atoms with Crippen molar-refractivity contribution in [3.05, 3.63) is 24.2 Å². The van der Waals surface area contributed by atoms with Crippen molar-refractivity contribution in [2.24, 2.45) is 0 Å². The fourth-order valence-electron chi connectivity index (χ4n) is 3.23. The fraction of sp³-hybridized carbons (Fsp3) is 0.714. The molecule has 1 aromatic rings. The van der Waals surface area contributed by atoms with E-state index in [9.17, 15) is 9.59 Å². The molecule has 0 aromatic carbocycles. The lowest BCUT2D eigenvalue weighted by molar-refractivity contribution is -0.134. The highest BCUT2D eigenvalue weighted by Crippen LogP contribution is 2.16. The minimum atomic E-state index is -0.162. The molecule has 1 N–H and O–H groups in total. The van der Waals surface area contributed by atoms with Gasteiger partial charge in [-0.2, -0.15) is 0 Å². The highest BCUT2D eigenvalue weighted by atomic mass is 16.5. The minimum absolute atomic E-state index is 0.0568. The summed E-state index contributed by atoms with van der Waals surface area (Å²) in [4.78, 5) is 29.0. The van der Waals surface area contributed by atoms with Gasteiger partial charge in [-0.05, 0) is 37.8 Å². The van der Waals surface area contributed by atoms with Crippen LogP contribution >= 0.6 is 0 Å². The molecule has 7 heteroatoms. The van der Waals surface area contributed by atoms with Gasteiger partial charge < -0.3 is 24.3 Å². The fourth-order valence-corrected chi connectivity index (χ4v) is 3.23. The summed E-state index contributed by atoms with van der Waals surface area (Å²) < 4.78 is 11.2. The maximum atomic E-state index is 13.1. The quantitative estimate of drug-likeness (QED) is 0.552. The molecular formula is C21H35N3O4. The zero-order valence-corrected chi connectivity index (χ0v) is 17.3. The zero-order chi connectivity index (χ0) is 20.2. The van der Waals surface area contributed by atoms with Crippen molar-refractivity contribution in [2.75, 3.05) is 32.8 Å². The molecule has 0 unspecified atom stereocenters. The lowest BCUT2D eigenvalue weighted by Crippen LogP contribution is -2.48. The van der Waals surface area contributed by atoms with Crippen molar-refractivity contribution in [1.82, 2.24) is 15.1 Å². The zero-order valence-electron chi connectivity index (χ0n) is 17.3. The van der Waals surface area contributed by atoms with Gasteiger partial charge in [0, 0.05) is 26.2 Å². The van der Waals surface area contributed by atoms with Gasteiger partial charge in [0.15, 0.2) is 0 Å². The number of furan rings is 1. The van der Waals surface area contributed by atoms with Crippen LogP contribution in [0.15, 0.2) is 22.8 Å². The minimum Gasteiger partial charge on any atom is -0.467 e. The second kappa shape index (κ2) is 12.4. The van der Waals surface area contributed by atoms with Gasteiger partial charge in [-0.3, -0.25) is 4.79 Å². The van der Waals surface area contributed by atoms with E-state index in [0.717, 1.165) is 50.9 Å². The monoisotopic (exact) mass is 393 g/mol. The van der Waals surface area contributed by atoms with Gasteiger partial charge in [0.05, 0.1) is 18.9 Å². The molecule has 0 saturated carbocycles. The number of nitrogens with one attached hydrogen (secondary N) is 1. The number of carbonyl (C=O) groups is 2. The Balaban J connectivity index is 1.99. The molecule has 28 heavy (non-hydrogen) atoms. The van der Waals surface area contributed by atoms with Crippen molar-refractivity contribution in [3.63, 3.8) is 0 Å². The van der Waals surface area contributed by atoms with E-state index in [1.54, 1.807) is 16.1 Å². The van der Waals surface area contributed by atoms with Crippen LogP contribution in [0.25, 0.3) is 0 Å². The standard InChI is InChI=1S/C21H35N3O4/c1-3-5-11-22-21(26)23(12-6-4-2)17-20(25)24(15-18-9-7-13-27-18)16-19-10-8-14-28-19/h7,9,13,19H,3-6,8,10-12,14-17H2,1-2H3,(H,22,26)/t19-/m0/s1. The predicted molar refractivity (Wildman–Crippen MR) is 108 cm³/mol. The van der Waals surface area contributed by atoms with Crippen LogP contribution in [-0.4, -0.2) is 60.6 Å². The van der Waals surface area contributed by atoms with Crippen LogP contribution in [0.2, 0.25) is 0 Å². The molecule has 3 amide bonds. The number of hydrogen-bond acceptors (Lipinski definition) is 4. The van der Waals surface area contributed by atoms with Gasteiger partial charge in [-0.15, -0.1) is 0 Å². The van der Waals surface area contributed by atoms with Crippen molar-refractivity contribution in [3.8, 4) is 0 Å². The van der Waals surface area contributed by atoms with Crippen LogP contribution in [0.5, 0.6) is 0 Å². The summed E-state index contributed by atoms with van der Waals surface area (Å²) >= 11 is 0. The normalized spacial score (nSPS) is 16.1. The number of ether oxygens (including phenoxy) is 1. The molecule has 0 radical (unpaired) electrons. The van der Waals surface area contributed by atoms with Gasteiger partial charge in [0.25, 0.3) is 0 Å². The van der Waals surface area contributed by atoms with Gasteiger partial charge in [-0.1, -0.05) is 26.7 Å². The number of rotatable bonds is 12. The number of carbonyl (C=O) groups excluding carboxylic acids is 2. The predicted octanol–water partition coefficient (Wildman–Crippen LogP) is 3.40. The van der Waals surface area contributed by atoms with Crippen LogP contribution < -0.4 is 5.32 Å². The summed E-state index contributed by atoms with van der Waals surface area (Å²) in [7, 11) is 0. The summed E-state index contributed by atoms with van der Waals surface area (Å²) in [5.74, 6) is 0.660. The summed E-state index contributed by atoms with van der Waals surface area (Å²) in [5, 5.41) is 2.93. The first-order valence-corrected chi connectivity index (χ1v) is 10.6. The van der Waals surface area contributed by atoms with Crippen molar-refractivity contribution in [1.29, 1.82) is 0 Å². The van der Waals surface area contributed by atoms with Crippen LogP contribution in [0.4, 0.5) is 4.79 Å². The Kier molecular flexibility index (Phi) is 9.90. The topological polar surface area (TPSA) is 75.0 Å². The summed E-state index contributed by atoms with van der Waals surface area (Å²) in [6, 6.07) is 3.52. The Morgan fingerprint density at radius 2 is 2.04 bits per heavy atom. The van der Waals surface area contributed by atoms with E-state index in [1.807, 2.05) is 12.1 Å². The lowest BCUT2D eigenvalue weighted by Gasteiger charge is -2.29. The van der Waals surface area contributed by atoms with Crippen molar-refractivity contribution < 1.29 is 18.7 Å². The molecular weight excluding hydrogens is 358 g/mol. The van der Waals surface area contributed by atoms with Crippen molar-refractivity contribution in [2.45, 2.75) is 65.0 Å². The molecule has 1 saturated heterocycles. The molecule has 2 rings (SSSR count). The second-order valence-electron chi connectivity index (χ2n) is 7.35. The first-order valence-electron chi connectivity index (χ1n) is 10.6. The van der Waals surface area contributed by atoms with E-state index in [4.69, 9.17) is 9.15 Å². The summed E-state index contributed by atoms with van der Waals surface area (Å²) in [6.45, 7) is 7.12. The third-order valence-electron chi connectivity index (χ3n) is 4.93. The Labute approximate surface area is 168 Å². The first kappa shape index (κ1) is 22.3. The highest BCUT2D eigenvalue weighted by Gasteiger charge is 2.26. The molecule has 1 aliphatic heterocycles. The molecule has 0 bridgehead atoms. The number of urea groups is 1. The summed E-state index contributed by atoms with van der Waals surface area (Å²) in [6.07, 6.45) is 7.45. The van der Waals surface area contributed by atoms with E-state index in [0.29, 0.717) is 26.2 Å². The Bertz CT molecular complexity index is 570. The van der Waals surface area contributed by atoms with E-state index >= 15 is 0 Å². The van der Waals surface area contributed by atoms with Crippen molar-refractivity contribution >= 4 is 11.9 Å². The molecule has 2 heterocycles. The third kappa shape index (κ3) is 7.54. The summed E-state index contributed by atoms with van der Waals surface area (Å²) in [5.41, 5.74) is 0. The molecule has 0 aliphatic carbocycles. The maximum Gasteiger partial charge on any atom is 0.317 e. The number of unbranched alkanes of at least 4 members (excludes halogenated alkanes) is 2. The second-order valence-corrected chi connectivity index (χ2v) is 7.35. The van der Waals surface area contributed by atoms with Crippen LogP contribution in [0.1, 0.15) is 58.1 Å². The average Bonchev–Trinajstić information content (AvgIpc) is 3.38. The van der Waals surface area contributed by atoms with Gasteiger partial charge >= 0.3 is 6.03 Å². The smallest absolute Gasteiger partial charge is 0.317 e. The first-order chi connectivity index (χ1) is 13.6. The highest BCUT2D eigenvalue weighted by molar-refractivity contribution is 5.84. The largest absolute Gasteiger partial charge is 0.467 e. The molecule has 1 fully saturated rings. The van der Waals surface area contributed by atoms with E-state index in [-0.39, 0.29) is 24.6 Å². The average molecular weight is 394 g/mol. The van der Waals surface area contributed by atoms with Gasteiger partial charge in [0.1, 0.15) is 12.3 Å². The van der Waals surface area contributed by atoms with Crippen LogP contribution in [0, 0.1) is 0 Å². The number of nitrogens with zero attached hydrogens (tertiary/aromatic N) is 2. The molecule has 0 spiro atoms. The SMILES string of the molecule is CCCCNC(=O)N(CCCC)CC(=O)N(Cc1ccco1)C[C@@H]1CCCO1. The van der Waals surface area contributed by atoms with E-state index < -0.39 is 0 Å². The molecule has 1 aliphatic rings.